The van der Waals surface area contributed by atoms with Crippen LogP contribution in [0.2, 0.25) is 0 Å². The summed E-state index contributed by atoms with van der Waals surface area (Å²) < 4.78 is 13.2. The van der Waals surface area contributed by atoms with Crippen LogP contribution in [0.15, 0.2) is 57.4 Å². The second-order valence-corrected chi connectivity index (χ2v) is 5.16. The summed E-state index contributed by atoms with van der Waals surface area (Å²) >= 11 is 1.37. The Morgan fingerprint density at radius 3 is 2.74 bits per heavy atom. The highest BCUT2D eigenvalue weighted by atomic mass is 32.2. The van der Waals surface area contributed by atoms with Gasteiger partial charge in [0.2, 0.25) is 0 Å². The van der Waals surface area contributed by atoms with Gasteiger partial charge in [-0.25, -0.2) is 4.39 Å². The Balaban J connectivity index is 2.40. The topological polar surface area (TPSA) is 58.6 Å². The van der Waals surface area contributed by atoms with Gasteiger partial charge < -0.3 is 10.9 Å². The molecule has 0 radical (unpaired) electrons. The predicted octanol–water partition coefficient (Wildman–Crippen LogP) is 3.38. The minimum atomic E-state index is -0.289. The highest BCUT2D eigenvalue weighted by Gasteiger charge is 2.09. The van der Waals surface area contributed by atoms with Gasteiger partial charge in [-0.3, -0.25) is 0 Å². The average molecular weight is 276 g/mol. The van der Waals surface area contributed by atoms with E-state index in [1.165, 1.54) is 23.9 Å². The van der Waals surface area contributed by atoms with Crippen LogP contribution in [0, 0.1) is 12.7 Å². The van der Waals surface area contributed by atoms with Gasteiger partial charge in [0, 0.05) is 15.4 Å². The monoisotopic (exact) mass is 276 g/mol. The molecule has 0 aliphatic rings. The van der Waals surface area contributed by atoms with Gasteiger partial charge in [0.05, 0.1) is 0 Å². The summed E-state index contributed by atoms with van der Waals surface area (Å²) in [7, 11) is 0. The number of hydrogen-bond acceptors (Lipinski definition) is 3. The fourth-order valence-corrected chi connectivity index (χ4v) is 2.63. The maximum atomic E-state index is 13.2. The third kappa shape index (κ3) is 3.26. The van der Waals surface area contributed by atoms with Crippen molar-refractivity contribution >= 4 is 17.6 Å². The molecule has 0 aromatic heterocycles. The van der Waals surface area contributed by atoms with Crippen molar-refractivity contribution in [3.8, 4) is 0 Å². The van der Waals surface area contributed by atoms with E-state index in [1.807, 2.05) is 31.2 Å². The Labute approximate surface area is 114 Å². The van der Waals surface area contributed by atoms with E-state index in [1.54, 1.807) is 6.07 Å². The van der Waals surface area contributed by atoms with Crippen LogP contribution >= 0.6 is 11.8 Å². The predicted molar refractivity (Wildman–Crippen MR) is 74.2 cm³/mol. The zero-order valence-electron chi connectivity index (χ0n) is 10.3. The zero-order chi connectivity index (χ0) is 13.8. The summed E-state index contributed by atoms with van der Waals surface area (Å²) in [5, 5.41) is 11.8. The number of nitrogens with two attached hydrogens (primary N) is 1. The van der Waals surface area contributed by atoms with Crippen LogP contribution in [-0.4, -0.2) is 11.0 Å². The minimum absolute atomic E-state index is 0.0441. The smallest absolute Gasteiger partial charge is 0.171 e. The molecule has 98 valence electrons. The summed E-state index contributed by atoms with van der Waals surface area (Å²) in [5.74, 6) is -0.245. The number of nitrogens with zero attached hydrogens (tertiary/aromatic N) is 1. The summed E-state index contributed by atoms with van der Waals surface area (Å²) in [6.45, 7) is 1.92. The Bertz CT molecular complexity index is 629. The maximum absolute atomic E-state index is 13.2. The van der Waals surface area contributed by atoms with Gasteiger partial charge in [-0.1, -0.05) is 34.6 Å². The van der Waals surface area contributed by atoms with E-state index < -0.39 is 0 Å². The van der Waals surface area contributed by atoms with E-state index >= 15 is 0 Å². The van der Waals surface area contributed by atoms with E-state index in [9.17, 15) is 4.39 Å². The summed E-state index contributed by atoms with van der Waals surface area (Å²) in [6.07, 6.45) is 0. The molecule has 5 heteroatoms. The van der Waals surface area contributed by atoms with Crippen molar-refractivity contribution in [1.29, 1.82) is 0 Å². The summed E-state index contributed by atoms with van der Waals surface area (Å²) in [6, 6.07) is 11.9. The molecular weight excluding hydrogens is 263 g/mol. The number of amidine groups is 1. The van der Waals surface area contributed by atoms with Gasteiger partial charge in [-0.2, -0.15) is 0 Å². The number of aryl methyl sites for hydroxylation is 1. The number of hydrogen-bond donors (Lipinski definition) is 2. The SMILES string of the molecule is Cc1ccc(Sc2cccc(F)c2)c(/C(N)=N/O)c1. The highest BCUT2D eigenvalue weighted by Crippen LogP contribution is 2.31. The Hall–Kier alpha value is -2.01. The van der Waals surface area contributed by atoms with Crippen molar-refractivity contribution in [1.82, 2.24) is 0 Å². The van der Waals surface area contributed by atoms with Crippen molar-refractivity contribution in [3.05, 3.63) is 59.4 Å². The van der Waals surface area contributed by atoms with Crippen LogP contribution in [0.25, 0.3) is 0 Å². The Morgan fingerprint density at radius 1 is 1.26 bits per heavy atom. The van der Waals surface area contributed by atoms with Gasteiger partial charge in [0.15, 0.2) is 5.84 Å². The van der Waals surface area contributed by atoms with E-state index in [4.69, 9.17) is 10.9 Å². The number of oxime groups is 1. The molecule has 0 spiro atoms. The summed E-state index contributed by atoms with van der Waals surface area (Å²) in [4.78, 5) is 1.57. The molecule has 2 aromatic carbocycles. The normalized spacial score (nSPS) is 11.6. The molecule has 0 aliphatic heterocycles. The number of rotatable bonds is 3. The maximum Gasteiger partial charge on any atom is 0.171 e. The van der Waals surface area contributed by atoms with Crippen LogP contribution < -0.4 is 5.73 Å². The first kappa shape index (κ1) is 13.4. The molecule has 19 heavy (non-hydrogen) atoms. The minimum Gasteiger partial charge on any atom is -0.409 e. The standard InChI is InChI=1S/C14H13FN2OS/c1-9-5-6-13(12(7-9)14(16)17-18)19-11-4-2-3-10(15)8-11/h2-8,18H,1H3,(H2,16,17). The molecule has 2 rings (SSSR count). The lowest BCUT2D eigenvalue weighted by Crippen LogP contribution is -2.14. The third-order valence-electron chi connectivity index (χ3n) is 2.54. The van der Waals surface area contributed by atoms with Crippen LogP contribution in [0.1, 0.15) is 11.1 Å². The molecule has 0 heterocycles. The second-order valence-electron chi connectivity index (χ2n) is 4.04. The van der Waals surface area contributed by atoms with Crippen LogP contribution in [-0.2, 0) is 0 Å². The van der Waals surface area contributed by atoms with Crippen molar-refractivity contribution in [2.75, 3.05) is 0 Å². The van der Waals surface area contributed by atoms with Crippen molar-refractivity contribution < 1.29 is 9.60 Å². The molecule has 3 N–H and O–H groups in total. The number of benzene rings is 2. The van der Waals surface area contributed by atoms with Gasteiger partial charge >= 0.3 is 0 Å². The molecule has 3 nitrogen and oxygen atoms in total. The Kier molecular flexibility index (Phi) is 4.06. The molecular formula is C14H13FN2OS. The molecule has 2 aromatic rings. The summed E-state index contributed by atoms with van der Waals surface area (Å²) in [5.41, 5.74) is 7.30. The fourth-order valence-electron chi connectivity index (χ4n) is 1.64. The van der Waals surface area contributed by atoms with E-state index in [2.05, 4.69) is 5.16 Å². The average Bonchev–Trinajstić information content (AvgIpc) is 2.40. The van der Waals surface area contributed by atoms with Crippen LogP contribution in [0.3, 0.4) is 0 Å². The molecule has 0 saturated heterocycles. The Morgan fingerprint density at radius 2 is 2.05 bits per heavy atom. The zero-order valence-corrected chi connectivity index (χ0v) is 11.1. The number of halogens is 1. The van der Waals surface area contributed by atoms with Gasteiger partial charge in [-0.15, -0.1) is 0 Å². The third-order valence-corrected chi connectivity index (χ3v) is 3.61. The largest absolute Gasteiger partial charge is 0.409 e. The quantitative estimate of drug-likeness (QED) is 0.391. The van der Waals surface area contributed by atoms with Crippen LogP contribution in [0.4, 0.5) is 4.39 Å². The van der Waals surface area contributed by atoms with E-state index in [0.29, 0.717) is 5.56 Å². The molecule has 0 amide bonds. The highest BCUT2D eigenvalue weighted by molar-refractivity contribution is 7.99. The van der Waals surface area contributed by atoms with E-state index in [0.717, 1.165) is 15.4 Å². The van der Waals surface area contributed by atoms with Gasteiger partial charge in [0.1, 0.15) is 5.82 Å². The molecule has 0 aliphatic carbocycles. The first-order valence-electron chi connectivity index (χ1n) is 5.62. The fraction of sp³-hybridized carbons (Fsp3) is 0.0714. The van der Waals surface area contributed by atoms with E-state index in [-0.39, 0.29) is 11.7 Å². The lowest BCUT2D eigenvalue weighted by molar-refractivity contribution is 0.318. The van der Waals surface area contributed by atoms with Crippen molar-refractivity contribution in [2.24, 2.45) is 10.9 Å². The van der Waals surface area contributed by atoms with Gasteiger partial charge in [0.25, 0.3) is 0 Å². The van der Waals surface area contributed by atoms with Gasteiger partial charge in [-0.05, 0) is 37.3 Å². The molecule has 0 atom stereocenters. The first-order chi connectivity index (χ1) is 9.10. The van der Waals surface area contributed by atoms with Crippen molar-refractivity contribution in [2.45, 2.75) is 16.7 Å². The molecule has 0 unspecified atom stereocenters. The van der Waals surface area contributed by atoms with Crippen molar-refractivity contribution in [3.63, 3.8) is 0 Å². The second kappa shape index (κ2) is 5.75. The molecule has 0 bridgehead atoms. The molecule has 0 fully saturated rings. The molecule has 0 saturated carbocycles. The van der Waals surface area contributed by atoms with Crippen LogP contribution in [0.5, 0.6) is 0 Å². The lowest BCUT2D eigenvalue weighted by atomic mass is 10.1. The lowest BCUT2D eigenvalue weighted by Gasteiger charge is -2.09. The first-order valence-corrected chi connectivity index (χ1v) is 6.44.